The number of hydrogen-bond acceptors (Lipinski definition) is 4. The molecule has 2 N–H and O–H groups in total. The fourth-order valence-electron chi connectivity index (χ4n) is 2.29. The number of carbonyl (C=O) groups excluding carboxylic acids is 1. The summed E-state index contributed by atoms with van der Waals surface area (Å²) in [6, 6.07) is 0.318. The standard InChI is InChI=1S/C13H26N2O3/c1-13(2,3)18-12(16)14-9-10-7-5-6-8-11(10)15-17-4/h10-11,15H,5-9H2,1-4H3,(H,14,16). The zero-order valence-corrected chi connectivity index (χ0v) is 11.9. The SMILES string of the molecule is CONC1CCCCC1CNC(=O)OC(C)(C)C. The van der Waals surface area contributed by atoms with Gasteiger partial charge in [-0.25, -0.2) is 4.79 Å². The van der Waals surface area contributed by atoms with E-state index in [1.54, 1.807) is 7.11 Å². The van der Waals surface area contributed by atoms with Crippen molar-refractivity contribution in [2.45, 2.75) is 58.1 Å². The maximum atomic E-state index is 11.6. The molecule has 2 unspecified atom stereocenters. The Balaban J connectivity index is 2.33. The van der Waals surface area contributed by atoms with E-state index < -0.39 is 5.60 Å². The van der Waals surface area contributed by atoms with Crippen molar-refractivity contribution in [1.82, 2.24) is 10.8 Å². The van der Waals surface area contributed by atoms with Crippen LogP contribution in [0.2, 0.25) is 0 Å². The van der Waals surface area contributed by atoms with E-state index in [0.29, 0.717) is 18.5 Å². The first kappa shape index (κ1) is 15.2. The molecule has 0 heterocycles. The molecule has 0 aliphatic heterocycles. The highest BCUT2D eigenvalue weighted by Crippen LogP contribution is 2.24. The second-order valence-electron chi connectivity index (χ2n) is 5.86. The van der Waals surface area contributed by atoms with Crippen LogP contribution in [0.3, 0.4) is 0 Å². The van der Waals surface area contributed by atoms with Gasteiger partial charge in [-0.15, -0.1) is 0 Å². The average Bonchev–Trinajstić information content (AvgIpc) is 2.26. The summed E-state index contributed by atoms with van der Waals surface area (Å²) in [4.78, 5) is 16.6. The number of carbonyl (C=O) groups is 1. The molecule has 0 saturated heterocycles. The first-order valence-electron chi connectivity index (χ1n) is 6.68. The first-order chi connectivity index (χ1) is 8.42. The van der Waals surface area contributed by atoms with Crippen molar-refractivity contribution in [3.63, 3.8) is 0 Å². The molecular formula is C13H26N2O3. The van der Waals surface area contributed by atoms with Gasteiger partial charge in [-0.1, -0.05) is 12.8 Å². The molecule has 0 radical (unpaired) electrons. The Bertz CT molecular complexity index is 261. The van der Waals surface area contributed by atoms with Gasteiger partial charge in [-0.05, 0) is 39.5 Å². The van der Waals surface area contributed by atoms with Crippen molar-refractivity contribution in [1.29, 1.82) is 0 Å². The van der Waals surface area contributed by atoms with Crippen LogP contribution in [0.4, 0.5) is 4.79 Å². The van der Waals surface area contributed by atoms with Crippen LogP contribution in [0, 0.1) is 5.92 Å². The van der Waals surface area contributed by atoms with Gasteiger partial charge in [0.25, 0.3) is 0 Å². The van der Waals surface area contributed by atoms with E-state index in [-0.39, 0.29) is 6.09 Å². The second kappa shape index (κ2) is 6.95. The van der Waals surface area contributed by atoms with Crippen molar-refractivity contribution in [2.75, 3.05) is 13.7 Å². The monoisotopic (exact) mass is 258 g/mol. The molecule has 106 valence electrons. The van der Waals surface area contributed by atoms with Gasteiger partial charge in [0.05, 0.1) is 7.11 Å². The lowest BCUT2D eigenvalue weighted by Gasteiger charge is -2.31. The van der Waals surface area contributed by atoms with Crippen molar-refractivity contribution in [3.05, 3.63) is 0 Å². The number of ether oxygens (including phenoxy) is 1. The zero-order valence-electron chi connectivity index (χ0n) is 11.9. The Labute approximate surface area is 110 Å². The topological polar surface area (TPSA) is 59.6 Å². The normalized spacial score (nSPS) is 24.7. The van der Waals surface area contributed by atoms with E-state index in [1.165, 1.54) is 12.8 Å². The minimum absolute atomic E-state index is 0.318. The molecule has 0 aromatic heterocycles. The molecule has 5 nitrogen and oxygen atoms in total. The molecule has 0 bridgehead atoms. The highest BCUT2D eigenvalue weighted by atomic mass is 16.6. The number of amides is 1. The molecule has 2 atom stereocenters. The molecule has 1 aliphatic rings. The Hall–Kier alpha value is -0.810. The first-order valence-corrected chi connectivity index (χ1v) is 6.68. The smallest absolute Gasteiger partial charge is 0.407 e. The molecule has 0 aromatic carbocycles. The molecule has 1 amide bonds. The molecule has 18 heavy (non-hydrogen) atoms. The number of nitrogens with one attached hydrogen (secondary N) is 2. The molecule has 0 spiro atoms. The largest absolute Gasteiger partial charge is 0.444 e. The summed E-state index contributed by atoms with van der Waals surface area (Å²) in [5.74, 6) is 0.409. The maximum Gasteiger partial charge on any atom is 0.407 e. The minimum atomic E-state index is -0.444. The summed E-state index contributed by atoms with van der Waals surface area (Å²) >= 11 is 0. The summed E-state index contributed by atoms with van der Waals surface area (Å²) in [6.07, 6.45) is 4.28. The summed E-state index contributed by atoms with van der Waals surface area (Å²) in [6.45, 7) is 6.23. The van der Waals surface area contributed by atoms with Gasteiger partial charge in [0.2, 0.25) is 0 Å². The van der Waals surface area contributed by atoms with Gasteiger partial charge in [0, 0.05) is 12.6 Å². The number of rotatable bonds is 4. The third kappa shape index (κ3) is 5.69. The minimum Gasteiger partial charge on any atom is -0.444 e. The fraction of sp³-hybridized carbons (Fsp3) is 0.923. The summed E-state index contributed by atoms with van der Waals surface area (Å²) in [5.41, 5.74) is 2.57. The molecule has 1 saturated carbocycles. The van der Waals surface area contributed by atoms with Gasteiger partial charge in [0.1, 0.15) is 5.60 Å². The van der Waals surface area contributed by atoms with E-state index in [2.05, 4.69) is 10.8 Å². The maximum absolute atomic E-state index is 11.6. The van der Waals surface area contributed by atoms with Gasteiger partial charge in [-0.3, -0.25) is 0 Å². The highest BCUT2D eigenvalue weighted by Gasteiger charge is 2.26. The molecular weight excluding hydrogens is 232 g/mol. The van der Waals surface area contributed by atoms with Crippen molar-refractivity contribution < 1.29 is 14.4 Å². The quantitative estimate of drug-likeness (QED) is 0.759. The van der Waals surface area contributed by atoms with Crippen LogP contribution in [-0.4, -0.2) is 31.4 Å². The highest BCUT2D eigenvalue weighted by molar-refractivity contribution is 5.67. The van der Waals surface area contributed by atoms with Gasteiger partial charge in [-0.2, -0.15) is 5.48 Å². The Morgan fingerprint density at radius 3 is 2.56 bits per heavy atom. The van der Waals surface area contributed by atoms with E-state index in [1.807, 2.05) is 20.8 Å². The predicted octanol–water partition coefficient (Wildman–Crippen LogP) is 2.22. The Morgan fingerprint density at radius 2 is 1.94 bits per heavy atom. The van der Waals surface area contributed by atoms with Crippen molar-refractivity contribution in [2.24, 2.45) is 5.92 Å². The molecule has 1 aliphatic carbocycles. The van der Waals surface area contributed by atoms with Crippen LogP contribution in [0.15, 0.2) is 0 Å². The van der Waals surface area contributed by atoms with Crippen LogP contribution in [0.25, 0.3) is 0 Å². The number of alkyl carbamates (subject to hydrolysis) is 1. The lowest BCUT2D eigenvalue weighted by molar-refractivity contribution is 0.0242. The average molecular weight is 258 g/mol. The van der Waals surface area contributed by atoms with Crippen LogP contribution in [0.1, 0.15) is 46.5 Å². The second-order valence-corrected chi connectivity index (χ2v) is 5.86. The van der Waals surface area contributed by atoms with Gasteiger partial charge >= 0.3 is 6.09 Å². The molecule has 1 fully saturated rings. The van der Waals surface area contributed by atoms with E-state index in [4.69, 9.17) is 9.57 Å². The zero-order chi connectivity index (χ0) is 13.6. The number of hydrogen-bond donors (Lipinski definition) is 2. The predicted molar refractivity (Wildman–Crippen MR) is 70.1 cm³/mol. The van der Waals surface area contributed by atoms with Crippen LogP contribution in [-0.2, 0) is 9.57 Å². The Kier molecular flexibility index (Phi) is 5.88. The van der Waals surface area contributed by atoms with E-state index in [0.717, 1.165) is 12.8 Å². The third-order valence-electron chi connectivity index (χ3n) is 3.09. The molecule has 1 rings (SSSR count). The van der Waals surface area contributed by atoms with Crippen LogP contribution in [0.5, 0.6) is 0 Å². The van der Waals surface area contributed by atoms with Crippen LogP contribution >= 0.6 is 0 Å². The summed E-state index contributed by atoms with van der Waals surface area (Å²) in [5, 5.41) is 2.84. The van der Waals surface area contributed by atoms with E-state index in [9.17, 15) is 4.79 Å². The lowest BCUT2D eigenvalue weighted by Crippen LogP contribution is -2.44. The molecule has 5 heteroatoms. The summed E-state index contributed by atoms with van der Waals surface area (Å²) < 4.78 is 5.22. The van der Waals surface area contributed by atoms with Gasteiger partial charge in [0.15, 0.2) is 0 Å². The lowest BCUT2D eigenvalue weighted by atomic mass is 9.85. The fourth-order valence-corrected chi connectivity index (χ4v) is 2.29. The summed E-state index contributed by atoms with van der Waals surface area (Å²) in [7, 11) is 1.63. The number of hydroxylamine groups is 1. The van der Waals surface area contributed by atoms with Crippen molar-refractivity contribution >= 4 is 6.09 Å². The Morgan fingerprint density at radius 1 is 1.28 bits per heavy atom. The van der Waals surface area contributed by atoms with Crippen LogP contribution < -0.4 is 10.8 Å². The molecule has 0 aromatic rings. The van der Waals surface area contributed by atoms with Gasteiger partial charge < -0.3 is 14.9 Å². The van der Waals surface area contributed by atoms with Crippen molar-refractivity contribution in [3.8, 4) is 0 Å². The van der Waals surface area contributed by atoms with E-state index >= 15 is 0 Å². The third-order valence-corrected chi connectivity index (χ3v) is 3.09.